The third-order valence-corrected chi connectivity index (χ3v) is 11.1. The molecule has 16 heteroatoms. The molecule has 4 atom stereocenters. The van der Waals surface area contributed by atoms with E-state index >= 15 is 0 Å². The quantitative estimate of drug-likeness (QED) is 0.177. The fourth-order valence-electron chi connectivity index (χ4n) is 7.80. The average molecular weight is 811 g/mol. The lowest BCUT2D eigenvalue weighted by atomic mass is 9.81. The summed E-state index contributed by atoms with van der Waals surface area (Å²) in [5.41, 5.74) is 9.70. The molecule has 58 heavy (non-hydrogen) atoms. The van der Waals surface area contributed by atoms with E-state index in [4.69, 9.17) is 40.9 Å². The summed E-state index contributed by atoms with van der Waals surface area (Å²) in [6.07, 6.45) is 5.44. The van der Waals surface area contributed by atoms with Gasteiger partial charge in [-0.05, 0) is 119 Å². The molecule has 7 rings (SSSR count). The molecule has 2 heterocycles. The highest BCUT2D eigenvalue weighted by molar-refractivity contribution is 5.95. The van der Waals surface area contributed by atoms with Crippen LogP contribution in [0.5, 0.6) is 5.75 Å². The van der Waals surface area contributed by atoms with Crippen LogP contribution in [0, 0.1) is 23.0 Å². The van der Waals surface area contributed by atoms with Gasteiger partial charge in [0.05, 0.1) is 18.2 Å². The van der Waals surface area contributed by atoms with Crippen LogP contribution in [0.25, 0.3) is 0 Å². The second-order valence-electron chi connectivity index (χ2n) is 15.1. The van der Waals surface area contributed by atoms with Gasteiger partial charge in [-0.25, -0.2) is 18.4 Å². The minimum absolute atomic E-state index is 0. The Labute approximate surface area is 335 Å². The van der Waals surface area contributed by atoms with Crippen molar-refractivity contribution < 1.29 is 58.5 Å². The Morgan fingerprint density at radius 3 is 2.03 bits per heavy atom. The van der Waals surface area contributed by atoms with Gasteiger partial charge in [-0.15, -0.1) is 0 Å². The van der Waals surface area contributed by atoms with Crippen LogP contribution in [0.2, 0.25) is 0 Å². The number of amides is 1. The second kappa shape index (κ2) is 20.1. The van der Waals surface area contributed by atoms with E-state index in [2.05, 4.69) is 15.9 Å². The van der Waals surface area contributed by atoms with Crippen molar-refractivity contribution >= 4 is 17.8 Å². The topological polar surface area (TPSA) is 238 Å². The fourth-order valence-corrected chi connectivity index (χ4v) is 7.80. The number of halogens is 2. The largest absolute Gasteiger partial charge is 0.489 e. The highest BCUT2D eigenvalue weighted by Crippen LogP contribution is 2.46. The lowest BCUT2D eigenvalue weighted by Gasteiger charge is -2.51. The fraction of sp³-hybridized carbons (Fsp3) is 0.476. The number of nitrogens with zero attached hydrogens (tertiary/aromatic N) is 3. The van der Waals surface area contributed by atoms with Crippen molar-refractivity contribution in [1.29, 1.82) is 5.26 Å². The van der Waals surface area contributed by atoms with E-state index in [1.54, 1.807) is 12.1 Å². The Morgan fingerprint density at radius 2 is 1.53 bits per heavy atom. The monoisotopic (exact) mass is 810 g/mol. The van der Waals surface area contributed by atoms with Gasteiger partial charge < -0.3 is 46.0 Å². The molecule has 0 bridgehead atoms. The van der Waals surface area contributed by atoms with Crippen LogP contribution in [-0.2, 0) is 33.0 Å². The van der Waals surface area contributed by atoms with Crippen LogP contribution < -0.4 is 10.5 Å². The second-order valence-corrected chi connectivity index (χ2v) is 15.1. The summed E-state index contributed by atoms with van der Waals surface area (Å²) < 4.78 is 39.4. The van der Waals surface area contributed by atoms with Crippen LogP contribution in [0.4, 0.5) is 8.78 Å². The summed E-state index contributed by atoms with van der Waals surface area (Å²) >= 11 is 0. The number of carbonyl (C=O) groups excluding carboxylic acids is 1. The molecule has 2 fully saturated rings. The first-order chi connectivity index (χ1) is 27.2. The van der Waals surface area contributed by atoms with Crippen molar-refractivity contribution in [3.05, 3.63) is 99.6 Å². The molecule has 8 N–H and O–H groups in total. The minimum Gasteiger partial charge on any atom is -0.489 e. The van der Waals surface area contributed by atoms with Crippen LogP contribution in [0.15, 0.2) is 54.6 Å². The SMILES string of the molecule is CN(C)CCCC1(c2ccc(F)cc2)OCc2cc(C#N)ccc21.NC(=O)c1ccc(F)c2c1C[C@@H](N(C1CCC1)C1CCC1)CO2.O.O=C(O)[C@H](O)[C@@H](O)C(=O)O. The molecule has 0 spiro atoms. The van der Waals surface area contributed by atoms with Gasteiger partial charge in [0.25, 0.3) is 0 Å². The number of aliphatic carboxylic acids is 2. The molecule has 2 aliphatic carbocycles. The van der Waals surface area contributed by atoms with Crippen LogP contribution in [0.3, 0.4) is 0 Å². The third kappa shape index (κ3) is 10.3. The van der Waals surface area contributed by atoms with Crippen LogP contribution in [0.1, 0.15) is 89.5 Å². The normalized spacial score (nSPS) is 20.4. The van der Waals surface area contributed by atoms with Gasteiger partial charge in [0.1, 0.15) is 18.0 Å². The predicted molar refractivity (Wildman–Crippen MR) is 207 cm³/mol. The molecular formula is C42H52F2N4O10. The molecule has 4 aliphatic rings. The van der Waals surface area contributed by atoms with E-state index in [1.807, 2.05) is 32.3 Å². The zero-order chi connectivity index (χ0) is 41.4. The summed E-state index contributed by atoms with van der Waals surface area (Å²) in [5, 5.41) is 41.6. The van der Waals surface area contributed by atoms with E-state index in [0.717, 1.165) is 36.1 Å². The molecule has 2 saturated carbocycles. The highest BCUT2D eigenvalue weighted by atomic mass is 19.1. The number of nitrogens with two attached hydrogens (primary N) is 1. The van der Waals surface area contributed by atoms with Gasteiger partial charge in [-0.2, -0.15) is 5.26 Å². The zero-order valence-corrected chi connectivity index (χ0v) is 32.6. The van der Waals surface area contributed by atoms with Crippen molar-refractivity contribution in [3.63, 3.8) is 0 Å². The smallest absolute Gasteiger partial charge is 0.335 e. The van der Waals surface area contributed by atoms with Crippen molar-refractivity contribution in [3.8, 4) is 11.8 Å². The number of benzene rings is 3. The molecular weight excluding hydrogens is 758 g/mol. The number of primary amides is 1. The summed E-state index contributed by atoms with van der Waals surface area (Å²) in [7, 11) is 4.10. The molecule has 0 aromatic heterocycles. The van der Waals surface area contributed by atoms with Crippen molar-refractivity contribution in [2.24, 2.45) is 5.73 Å². The van der Waals surface area contributed by atoms with E-state index < -0.39 is 41.5 Å². The zero-order valence-electron chi connectivity index (χ0n) is 32.6. The van der Waals surface area contributed by atoms with E-state index in [-0.39, 0.29) is 23.1 Å². The van der Waals surface area contributed by atoms with Gasteiger partial charge >= 0.3 is 11.9 Å². The number of aliphatic hydroxyl groups is 2. The number of rotatable bonds is 12. The van der Waals surface area contributed by atoms with Crippen molar-refractivity contribution in [2.75, 3.05) is 27.2 Å². The van der Waals surface area contributed by atoms with Gasteiger partial charge in [-0.3, -0.25) is 9.69 Å². The lowest BCUT2D eigenvalue weighted by Crippen LogP contribution is -2.57. The molecule has 3 aromatic rings. The molecule has 1 amide bonds. The number of carboxylic acids is 2. The summed E-state index contributed by atoms with van der Waals surface area (Å²) in [6.45, 7) is 1.93. The Hall–Kier alpha value is -5.02. The number of aliphatic hydroxyl groups excluding tert-OH is 2. The molecule has 1 unspecified atom stereocenters. The first-order valence-corrected chi connectivity index (χ1v) is 19.1. The van der Waals surface area contributed by atoms with Gasteiger partial charge in [-0.1, -0.05) is 31.0 Å². The Bertz CT molecular complexity index is 1920. The lowest BCUT2D eigenvalue weighted by molar-refractivity contribution is -0.165. The number of ether oxygens (including phenoxy) is 2. The third-order valence-electron chi connectivity index (χ3n) is 11.1. The maximum absolute atomic E-state index is 14.0. The molecule has 3 aromatic carbocycles. The number of carboxylic acid groups (broad SMARTS) is 2. The maximum Gasteiger partial charge on any atom is 0.335 e. The number of fused-ring (bicyclic) bond motifs is 2. The van der Waals surface area contributed by atoms with Gasteiger partial charge in [0.2, 0.25) is 5.91 Å². The summed E-state index contributed by atoms with van der Waals surface area (Å²) in [4.78, 5) is 36.0. The number of hydrogen-bond donors (Lipinski definition) is 5. The first kappa shape index (κ1) is 45.7. The molecule has 2 aliphatic heterocycles. The molecule has 14 nitrogen and oxygen atoms in total. The maximum atomic E-state index is 14.0. The average Bonchev–Trinajstić information content (AvgIpc) is 3.51. The van der Waals surface area contributed by atoms with Gasteiger partial charge in [0, 0.05) is 29.3 Å². The predicted octanol–water partition coefficient (Wildman–Crippen LogP) is 3.50. The van der Waals surface area contributed by atoms with Crippen LogP contribution in [-0.4, -0.2) is 111 Å². The molecule has 0 radical (unpaired) electrons. The number of carbonyl (C=O) groups is 3. The van der Waals surface area contributed by atoms with Crippen molar-refractivity contribution in [1.82, 2.24) is 9.80 Å². The van der Waals surface area contributed by atoms with E-state index in [9.17, 15) is 23.2 Å². The van der Waals surface area contributed by atoms with Gasteiger partial charge in [0.15, 0.2) is 23.8 Å². The van der Waals surface area contributed by atoms with E-state index in [1.165, 1.54) is 62.8 Å². The Kier molecular flexibility index (Phi) is 15.8. The van der Waals surface area contributed by atoms with Crippen molar-refractivity contribution in [2.45, 2.75) is 100 Å². The number of hydrogen-bond acceptors (Lipinski definition) is 10. The minimum atomic E-state index is -2.27. The standard InChI is InChI=1S/C20H21FN2O.C18H23FN2O2.C4H6O6.H2O/c1-23(2)11-3-10-20(17-5-7-18(21)8-6-17)19-9-4-15(13-22)12-16(19)14-24-20;19-16-8-7-14(18(20)22)15-9-13(10-23-17(15)16)21(11-3-1-4-11)12-5-2-6-12;5-1(3(7)8)2(6)4(9)10;/h4-9,12H,3,10-11,14H2,1-2H3;7-8,11-13H,1-6,9-10H2,(H2,20,22);1-2,5-6H,(H,7,8)(H,9,10);1H2/t;13-;1-,2-;/m.11./s1. The Morgan fingerprint density at radius 1 is 0.931 bits per heavy atom. The van der Waals surface area contributed by atoms with E-state index in [0.29, 0.717) is 48.4 Å². The Balaban J connectivity index is 0.000000207. The van der Waals surface area contributed by atoms with Crippen LogP contribution >= 0.6 is 0 Å². The molecule has 314 valence electrons. The number of nitriles is 1. The highest BCUT2D eigenvalue weighted by Gasteiger charge is 2.42. The summed E-state index contributed by atoms with van der Waals surface area (Å²) in [5.74, 6) is -4.48. The first-order valence-electron chi connectivity index (χ1n) is 19.1. The molecule has 0 saturated heterocycles. The summed E-state index contributed by atoms with van der Waals surface area (Å²) in [6, 6.07) is 18.7.